The summed E-state index contributed by atoms with van der Waals surface area (Å²) in [6.45, 7) is 3.67. The Kier molecular flexibility index (Phi) is 4.53. The normalized spacial score (nSPS) is 12.2. The first kappa shape index (κ1) is 14.3. The van der Waals surface area contributed by atoms with Crippen molar-refractivity contribution in [3.63, 3.8) is 0 Å². The smallest absolute Gasteiger partial charge is 0.243 e. The van der Waals surface area contributed by atoms with Crippen LogP contribution in [0.4, 0.5) is 5.88 Å². The van der Waals surface area contributed by atoms with Gasteiger partial charge in [-0.1, -0.05) is 35.5 Å². The van der Waals surface area contributed by atoms with Crippen molar-refractivity contribution in [2.75, 3.05) is 5.32 Å². The van der Waals surface area contributed by atoms with Crippen molar-refractivity contribution in [2.24, 2.45) is 5.73 Å². The second-order valence-corrected chi connectivity index (χ2v) is 4.84. The van der Waals surface area contributed by atoms with E-state index >= 15 is 0 Å². The highest BCUT2D eigenvalue weighted by atomic mass is 16.5. The molecule has 3 N–H and O–H groups in total. The predicted molar refractivity (Wildman–Crippen MR) is 77.3 cm³/mol. The third-order valence-corrected chi connectivity index (χ3v) is 3.32. The summed E-state index contributed by atoms with van der Waals surface area (Å²) in [6.07, 6.45) is 1.35. The Morgan fingerprint density at radius 2 is 2.05 bits per heavy atom. The van der Waals surface area contributed by atoms with E-state index in [4.69, 9.17) is 10.3 Å². The largest absolute Gasteiger partial charge is 0.338 e. The molecule has 5 heteroatoms. The summed E-state index contributed by atoms with van der Waals surface area (Å²) < 4.78 is 5.04. The van der Waals surface area contributed by atoms with Crippen LogP contribution in [0.2, 0.25) is 0 Å². The van der Waals surface area contributed by atoms with E-state index in [1.807, 2.05) is 44.2 Å². The Morgan fingerprint density at radius 1 is 1.35 bits per heavy atom. The third kappa shape index (κ3) is 3.45. The van der Waals surface area contributed by atoms with E-state index in [1.165, 1.54) is 5.56 Å². The summed E-state index contributed by atoms with van der Waals surface area (Å²) in [7, 11) is 0. The fourth-order valence-corrected chi connectivity index (χ4v) is 1.83. The number of rotatable bonds is 5. The average molecular weight is 273 g/mol. The van der Waals surface area contributed by atoms with E-state index in [0.29, 0.717) is 12.3 Å². The van der Waals surface area contributed by atoms with Gasteiger partial charge < -0.3 is 10.3 Å². The Hall–Kier alpha value is -2.14. The fourth-order valence-electron chi connectivity index (χ4n) is 1.83. The first-order valence-corrected chi connectivity index (χ1v) is 6.61. The maximum absolute atomic E-state index is 12.0. The average Bonchev–Trinajstić information content (AvgIpc) is 2.78. The van der Waals surface area contributed by atoms with Crippen LogP contribution in [0, 0.1) is 13.8 Å². The molecule has 1 amide bonds. The molecule has 0 aliphatic rings. The predicted octanol–water partition coefficient (Wildman–Crippen LogP) is 2.19. The number of nitrogens with two attached hydrogens (primary N) is 1. The van der Waals surface area contributed by atoms with Crippen LogP contribution in [0.15, 0.2) is 34.9 Å². The van der Waals surface area contributed by atoms with Crippen molar-refractivity contribution >= 4 is 11.8 Å². The lowest BCUT2D eigenvalue weighted by Crippen LogP contribution is -2.36. The lowest BCUT2D eigenvalue weighted by Gasteiger charge is -2.10. The Bertz CT molecular complexity index is 578. The van der Waals surface area contributed by atoms with Gasteiger partial charge in [0.2, 0.25) is 11.8 Å². The highest BCUT2D eigenvalue weighted by Gasteiger charge is 2.17. The summed E-state index contributed by atoms with van der Waals surface area (Å²) >= 11 is 0. The van der Waals surface area contributed by atoms with Crippen molar-refractivity contribution in [3.05, 3.63) is 47.2 Å². The number of aryl methyl sites for hydroxylation is 2. The van der Waals surface area contributed by atoms with E-state index in [0.717, 1.165) is 17.7 Å². The van der Waals surface area contributed by atoms with Gasteiger partial charge in [0.05, 0.1) is 11.7 Å². The lowest BCUT2D eigenvalue weighted by atomic mass is 10.1. The molecule has 20 heavy (non-hydrogen) atoms. The number of anilines is 1. The molecule has 0 bridgehead atoms. The number of aromatic nitrogens is 1. The molecule has 2 rings (SSSR count). The highest BCUT2D eigenvalue weighted by molar-refractivity contribution is 5.94. The van der Waals surface area contributed by atoms with Gasteiger partial charge in [-0.05, 0) is 32.3 Å². The molecule has 1 heterocycles. The Labute approximate surface area is 118 Å². The summed E-state index contributed by atoms with van der Waals surface area (Å²) in [5.74, 6) is 0.128. The molecule has 0 unspecified atom stereocenters. The van der Waals surface area contributed by atoms with Crippen molar-refractivity contribution in [3.8, 4) is 0 Å². The number of carbonyl (C=O) groups excluding carboxylic acids is 1. The van der Waals surface area contributed by atoms with Gasteiger partial charge in [0, 0.05) is 5.56 Å². The van der Waals surface area contributed by atoms with Crippen molar-refractivity contribution in [1.29, 1.82) is 0 Å². The SMILES string of the molecule is Cc1noc(NC(=O)[C@@H](N)CCc2ccccc2)c1C. The van der Waals surface area contributed by atoms with Gasteiger partial charge in [0.25, 0.3) is 0 Å². The van der Waals surface area contributed by atoms with Crippen LogP contribution in [0.5, 0.6) is 0 Å². The number of amides is 1. The molecule has 0 aliphatic carbocycles. The molecular formula is C15H19N3O2. The molecule has 106 valence electrons. The Morgan fingerprint density at radius 3 is 2.65 bits per heavy atom. The molecule has 0 fully saturated rings. The van der Waals surface area contributed by atoms with Crippen LogP contribution in [0.1, 0.15) is 23.2 Å². The molecular weight excluding hydrogens is 254 g/mol. The molecule has 1 aromatic carbocycles. The number of carbonyl (C=O) groups is 1. The van der Waals surface area contributed by atoms with E-state index in [9.17, 15) is 4.79 Å². The van der Waals surface area contributed by atoms with Crippen molar-refractivity contribution in [2.45, 2.75) is 32.7 Å². The maximum Gasteiger partial charge on any atom is 0.243 e. The minimum Gasteiger partial charge on any atom is -0.338 e. The number of hydrogen-bond acceptors (Lipinski definition) is 4. The van der Waals surface area contributed by atoms with Crippen LogP contribution in [-0.2, 0) is 11.2 Å². The standard InChI is InChI=1S/C15H19N3O2/c1-10-11(2)18-20-15(10)17-14(19)13(16)9-8-12-6-4-3-5-7-12/h3-7,13H,8-9,16H2,1-2H3,(H,17,19)/t13-/m0/s1. The number of benzene rings is 1. The molecule has 0 radical (unpaired) electrons. The lowest BCUT2D eigenvalue weighted by molar-refractivity contribution is -0.117. The zero-order chi connectivity index (χ0) is 14.5. The molecule has 0 saturated carbocycles. The molecule has 5 nitrogen and oxygen atoms in total. The van der Waals surface area contributed by atoms with Crippen LogP contribution >= 0.6 is 0 Å². The van der Waals surface area contributed by atoms with E-state index < -0.39 is 6.04 Å². The van der Waals surface area contributed by atoms with Gasteiger partial charge in [0.1, 0.15) is 0 Å². The van der Waals surface area contributed by atoms with Crippen molar-refractivity contribution in [1.82, 2.24) is 5.16 Å². The maximum atomic E-state index is 12.0. The quantitative estimate of drug-likeness (QED) is 0.875. The molecule has 1 atom stereocenters. The highest BCUT2D eigenvalue weighted by Crippen LogP contribution is 2.17. The van der Waals surface area contributed by atoms with Gasteiger partial charge in [-0.15, -0.1) is 0 Å². The minimum absolute atomic E-state index is 0.250. The van der Waals surface area contributed by atoms with Crippen molar-refractivity contribution < 1.29 is 9.32 Å². The summed E-state index contributed by atoms with van der Waals surface area (Å²) in [6, 6.07) is 9.39. The van der Waals surface area contributed by atoms with Gasteiger partial charge in [-0.3, -0.25) is 10.1 Å². The molecule has 1 aromatic heterocycles. The fraction of sp³-hybridized carbons (Fsp3) is 0.333. The zero-order valence-electron chi connectivity index (χ0n) is 11.7. The summed E-state index contributed by atoms with van der Waals surface area (Å²) in [4.78, 5) is 12.0. The molecule has 0 aliphatic heterocycles. The molecule has 0 spiro atoms. The van der Waals surface area contributed by atoms with Gasteiger partial charge in [-0.25, -0.2) is 0 Å². The van der Waals surface area contributed by atoms with Crippen LogP contribution < -0.4 is 11.1 Å². The van der Waals surface area contributed by atoms with Crippen LogP contribution in [0.3, 0.4) is 0 Å². The number of nitrogens with zero attached hydrogens (tertiary/aromatic N) is 1. The second-order valence-electron chi connectivity index (χ2n) is 4.84. The molecule has 0 saturated heterocycles. The van der Waals surface area contributed by atoms with Crippen LogP contribution in [0.25, 0.3) is 0 Å². The first-order valence-electron chi connectivity index (χ1n) is 6.61. The van der Waals surface area contributed by atoms with Gasteiger partial charge in [-0.2, -0.15) is 0 Å². The monoisotopic (exact) mass is 273 g/mol. The third-order valence-electron chi connectivity index (χ3n) is 3.32. The van der Waals surface area contributed by atoms with E-state index in [-0.39, 0.29) is 5.91 Å². The zero-order valence-corrected chi connectivity index (χ0v) is 11.7. The first-order chi connectivity index (χ1) is 9.58. The minimum atomic E-state index is -0.569. The van der Waals surface area contributed by atoms with Gasteiger partial charge >= 0.3 is 0 Å². The number of hydrogen-bond donors (Lipinski definition) is 2. The molecule has 2 aromatic rings. The van der Waals surface area contributed by atoms with E-state index in [2.05, 4.69) is 10.5 Å². The van der Waals surface area contributed by atoms with E-state index in [1.54, 1.807) is 0 Å². The summed E-state index contributed by atoms with van der Waals surface area (Å²) in [5, 5.41) is 6.47. The Balaban J connectivity index is 1.88. The van der Waals surface area contributed by atoms with Gasteiger partial charge in [0.15, 0.2) is 0 Å². The summed E-state index contributed by atoms with van der Waals surface area (Å²) in [5.41, 5.74) is 8.65. The van der Waals surface area contributed by atoms with Crippen LogP contribution in [-0.4, -0.2) is 17.1 Å². The second kappa shape index (κ2) is 6.34. The number of nitrogens with one attached hydrogen (secondary N) is 1. The topological polar surface area (TPSA) is 81.2 Å².